The van der Waals surface area contributed by atoms with Crippen LogP contribution in [0.1, 0.15) is 5.56 Å². The number of nitrogens with zero attached hydrogens (tertiary/aromatic N) is 2. The maximum absolute atomic E-state index is 12.3. The highest BCUT2D eigenvalue weighted by atomic mass is 19.4. The third-order valence-corrected chi connectivity index (χ3v) is 3.72. The Labute approximate surface area is 165 Å². The summed E-state index contributed by atoms with van der Waals surface area (Å²) in [5.41, 5.74) is 1.62. The summed E-state index contributed by atoms with van der Waals surface area (Å²) in [7, 11) is 0. The zero-order valence-electron chi connectivity index (χ0n) is 14.8. The molecule has 1 heterocycles. The molecule has 0 aliphatic rings. The standard InChI is InChI=1S/C20H10F6N2O2/c21-19(22,23)29-15-5-1-13(2-6-15)17-9-12(11-27)10-18(28-17)14-3-7-16(8-4-14)30-20(24,25)26/h1-10H. The highest BCUT2D eigenvalue weighted by Crippen LogP contribution is 2.30. The summed E-state index contributed by atoms with van der Waals surface area (Å²) < 4.78 is 81.3. The topological polar surface area (TPSA) is 55.1 Å². The van der Waals surface area contributed by atoms with Gasteiger partial charge in [-0.1, -0.05) is 0 Å². The number of ether oxygens (including phenoxy) is 2. The van der Waals surface area contributed by atoms with Crippen molar-refractivity contribution in [2.75, 3.05) is 0 Å². The molecule has 0 N–H and O–H groups in total. The molecule has 0 radical (unpaired) electrons. The molecule has 0 atom stereocenters. The molecule has 0 saturated carbocycles. The van der Waals surface area contributed by atoms with Gasteiger partial charge in [-0.25, -0.2) is 4.98 Å². The molecule has 0 bridgehead atoms. The van der Waals surface area contributed by atoms with Gasteiger partial charge in [0.1, 0.15) is 11.5 Å². The molecule has 4 nitrogen and oxygen atoms in total. The molecule has 0 aliphatic carbocycles. The molecule has 30 heavy (non-hydrogen) atoms. The van der Waals surface area contributed by atoms with Crippen LogP contribution in [0.2, 0.25) is 0 Å². The predicted octanol–water partition coefficient (Wildman–Crippen LogP) is 6.08. The van der Waals surface area contributed by atoms with E-state index in [0.717, 1.165) is 24.3 Å². The first-order valence-corrected chi connectivity index (χ1v) is 8.17. The largest absolute Gasteiger partial charge is 0.573 e. The Morgan fingerprint density at radius 3 is 1.33 bits per heavy atom. The number of halogens is 6. The number of rotatable bonds is 4. The molecule has 0 fully saturated rings. The maximum Gasteiger partial charge on any atom is 0.573 e. The SMILES string of the molecule is N#Cc1cc(-c2ccc(OC(F)(F)F)cc2)nc(-c2ccc(OC(F)(F)F)cc2)c1. The molecule has 10 heteroatoms. The van der Waals surface area contributed by atoms with E-state index in [1.165, 1.54) is 36.4 Å². The van der Waals surface area contributed by atoms with Crippen LogP contribution in [-0.4, -0.2) is 17.7 Å². The highest BCUT2D eigenvalue weighted by molar-refractivity contribution is 5.69. The molecule has 0 amide bonds. The van der Waals surface area contributed by atoms with Crippen molar-refractivity contribution in [2.24, 2.45) is 0 Å². The zero-order chi connectivity index (χ0) is 21.9. The Morgan fingerprint density at radius 1 is 0.667 bits per heavy atom. The van der Waals surface area contributed by atoms with E-state index in [2.05, 4.69) is 14.5 Å². The lowest BCUT2D eigenvalue weighted by Crippen LogP contribution is -2.16. The fraction of sp³-hybridized carbons (Fsp3) is 0.100. The van der Waals surface area contributed by atoms with Gasteiger partial charge in [0, 0.05) is 11.1 Å². The van der Waals surface area contributed by atoms with Gasteiger partial charge in [0.25, 0.3) is 0 Å². The van der Waals surface area contributed by atoms with Crippen molar-refractivity contribution < 1.29 is 35.8 Å². The maximum atomic E-state index is 12.3. The molecule has 0 aliphatic heterocycles. The van der Waals surface area contributed by atoms with Crippen LogP contribution in [0.5, 0.6) is 11.5 Å². The van der Waals surface area contributed by atoms with Crippen LogP contribution in [-0.2, 0) is 0 Å². The van der Waals surface area contributed by atoms with Gasteiger partial charge >= 0.3 is 12.7 Å². The van der Waals surface area contributed by atoms with E-state index in [1.54, 1.807) is 0 Å². The molecule has 0 saturated heterocycles. The number of alkyl halides is 6. The zero-order valence-corrected chi connectivity index (χ0v) is 14.8. The molecule has 3 aromatic rings. The average molecular weight is 424 g/mol. The minimum Gasteiger partial charge on any atom is -0.406 e. The molecule has 0 spiro atoms. The van der Waals surface area contributed by atoms with E-state index >= 15 is 0 Å². The van der Waals surface area contributed by atoms with E-state index in [-0.39, 0.29) is 5.56 Å². The summed E-state index contributed by atoms with van der Waals surface area (Å²) in [5.74, 6) is -0.827. The number of hydrogen-bond acceptors (Lipinski definition) is 4. The second-order valence-corrected chi connectivity index (χ2v) is 5.88. The van der Waals surface area contributed by atoms with E-state index in [9.17, 15) is 31.6 Å². The van der Waals surface area contributed by atoms with Crippen LogP contribution in [0.4, 0.5) is 26.3 Å². The first-order valence-electron chi connectivity index (χ1n) is 8.17. The van der Waals surface area contributed by atoms with Crippen LogP contribution < -0.4 is 9.47 Å². The molecular formula is C20H10F6N2O2. The van der Waals surface area contributed by atoms with Crippen molar-refractivity contribution in [1.82, 2.24) is 4.98 Å². The monoisotopic (exact) mass is 424 g/mol. The van der Waals surface area contributed by atoms with Crippen LogP contribution in [0.15, 0.2) is 60.7 Å². The second kappa shape index (κ2) is 7.94. The number of aromatic nitrogens is 1. The number of benzene rings is 2. The van der Waals surface area contributed by atoms with Crippen LogP contribution >= 0.6 is 0 Å². The van der Waals surface area contributed by atoms with Gasteiger partial charge in [-0.05, 0) is 60.7 Å². The molecule has 1 aromatic heterocycles. The highest BCUT2D eigenvalue weighted by Gasteiger charge is 2.31. The van der Waals surface area contributed by atoms with Gasteiger partial charge in [-0.15, -0.1) is 26.3 Å². The lowest BCUT2D eigenvalue weighted by molar-refractivity contribution is -0.275. The molecule has 0 unspecified atom stereocenters. The molecule has 2 aromatic carbocycles. The Balaban J connectivity index is 1.92. The summed E-state index contributed by atoms with van der Waals surface area (Å²) in [6.45, 7) is 0. The van der Waals surface area contributed by atoms with Crippen molar-refractivity contribution in [3.63, 3.8) is 0 Å². The Morgan fingerprint density at radius 2 is 1.03 bits per heavy atom. The molecule has 3 rings (SSSR count). The van der Waals surface area contributed by atoms with Gasteiger partial charge in [-0.2, -0.15) is 5.26 Å². The lowest BCUT2D eigenvalue weighted by atomic mass is 10.0. The van der Waals surface area contributed by atoms with Crippen molar-refractivity contribution in [2.45, 2.75) is 12.7 Å². The van der Waals surface area contributed by atoms with Crippen molar-refractivity contribution in [3.05, 3.63) is 66.2 Å². The predicted molar refractivity (Wildman–Crippen MR) is 93.2 cm³/mol. The summed E-state index contributed by atoms with van der Waals surface area (Å²) in [6, 6.07) is 14.6. The van der Waals surface area contributed by atoms with E-state index in [4.69, 9.17) is 0 Å². The Hall–Kier alpha value is -3.74. The van der Waals surface area contributed by atoms with E-state index in [0.29, 0.717) is 22.5 Å². The first-order chi connectivity index (χ1) is 14.0. The van der Waals surface area contributed by atoms with Crippen LogP contribution in [0.25, 0.3) is 22.5 Å². The van der Waals surface area contributed by atoms with Gasteiger partial charge in [-0.3, -0.25) is 0 Å². The fourth-order valence-corrected chi connectivity index (χ4v) is 2.55. The normalized spacial score (nSPS) is 11.6. The number of hydrogen-bond donors (Lipinski definition) is 0. The third-order valence-electron chi connectivity index (χ3n) is 3.72. The summed E-state index contributed by atoms with van der Waals surface area (Å²) in [4.78, 5) is 4.35. The Bertz CT molecular complexity index is 991. The summed E-state index contributed by atoms with van der Waals surface area (Å²) in [6.07, 6.45) is -9.65. The van der Waals surface area contributed by atoms with E-state index < -0.39 is 24.2 Å². The Kier molecular flexibility index (Phi) is 5.56. The van der Waals surface area contributed by atoms with Gasteiger partial charge in [0.15, 0.2) is 0 Å². The summed E-state index contributed by atoms with van der Waals surface area (Å²) in [5, 5.41) is 9.26. The van der Waals surface area contributed by atoms with Crippen molar-refractivity contribution in [3.8, 4) is 40.1 Å². The quantitative estimate of drug-likeness (QED) is 0.476. The van der Waals surface area contributed by atoms with Gasteiger partial charge in [0.2, 0.25) is 0 Å². The first kappa shape index (κ1) is 21.0. The van der Waals surface area contributed by atoms with E-state index in [1.807, 2.05) is 6.07 Å². The molecular weight excluding hydrogens is 414 g/mol. The van der Waals surface area contributed by atoms with Gasteiger partial charge in [0.05, 0.1) is 23.0 Å². The molecule has 154 valence electrons. The lowest BCUT2D eigenvalue weighted by Gasteiger charge is -2.11. The summed E-state index contributed by atoms with van der Waals surface area (Å²) >= 11 is 0. The smallest absolute Gasteiger partial charge is 0.406 e. The third kappa shape index (κ3) is 5.64. The minimum absolute atomic E-state index is 0.209. The second-order valence-electron chi connectivity index (χ2n) is 5.88. The fourth-order valence-electron chi connectivity index (χ4n) is 2.55. The van der Waals surface area contributed by atoms with Crippen molar-refractivity contribution in [1.29, 1.82) is 5.26 Å². The number of pyridine rings is 1. The van der Waals surface area contributed by atoms with Crippen LogP contribution in [0.3, 0.4) is 0 Å². The van der Waals surface area contributed by atoms with Crippen LogP contribution in [0, 0.1) is 11.3 Å². The average Bonchev–Trinajstić information content (AvgIpc) is 2.66. The number of nitriles is 1. The van der Waals surface area contributed by atoms with Crippen molar-refractivity contribution >= 4 is 0 Å². The minimum atomic E-state index is -4.82. The van der Waals surface area contributed by atoms with Gasteiger partial charge < -0.3 is 9.47 Å².